The minimum atomic E-state index is -0.443. The molecule has 2 rings (SSSR count). The number of amides is 1. The standard InChI is InChI=1S/C19H25N3O5/c1-4-26-18(24)13-22(11-12-25-3)17(23)10-9-16-20-21-19(27-16)15-7-5-14(2)6-8-15/h5-8H,4,9-13H2,1-3H3. The molecule has 1 heterocycles. The summed E-state index contributed by atoms with van der Waals surface area (Å²) in [6.45, 7) is 4.54. The van der Waals surface area contributed by atoms with E-state index in [0.717, 1.165) is 11.1 Å². The molecule has 0 aliphatic rings. The molecule has 2 aromatic rings. The molecular formula is C19H25N3O5. The Balaban J connectivity index is 1.93. The average Bonchev–Trinajstić information content (AvgIpc) is 3.13. The highest BCUT2D eigenvalue weighted by molar-refractivity contribution is 5.82. The summed E-state index contributed by atoms with van der Waals surface area (Å²) in [5.41, 5.74) is 1.97. The number of aryl methyl sites for hydroxylation is 2. The van der Waals surface area contributed by atoms with Crippen LogP contribution in [0.3, 0.4) is 0 Å². The van der Waals surface area contributed by atoms with Gasteiger partial charge in [-0.1, -0.05) is 17.7 Å². The second-order valence-electron chi connectivity index (χ2n) is 5.98. The molecule has 0 radical (unpaired) electrons. The van der Waals surface area contributed by atoms with E-state index in [9.17, 15) is 9.59 Å². The minimum Gasteiger partial charge on any atom is -0.465 e. The summed E-state index contributed by atoms with van der Waals surface area (Å²) >= 11 is 0. The van der Waals surface area contributed by atoms with Crippen LogP contribution in [0.2, 0.25) is 0 Å². The van der Waals surface area contributed by atoms with Gasteiger partial charge in [0, 0.05) is 32.1 Å². The maximum atomic E-state index is 12.4. The molecule has 0 N–H and O–H groups in total. The zero-order chi connectivity index (χ0) is 19.6. The predicted molar refractivity (Wildman–Crippen MR) is 97.9 cm³/mol. The molecule has 0 aliphatic carbocycles. The number of hydrogen-bond donors (Lipinski definition) is 0. The van der Waals surface area contributed by atoms with Crippen LogP contribution in [0.15, 0.2) is 28.7 Å². The molecule has 0 spiro atoms. The van der Waals surface area contributed by atoms with Crippen LogP contribution >= 0.6 is 0 Å². The minimum absolute atomic E-state index is 0.103. The maximum Gasteiger partial charge on any atom is 0.325 e. The number of aromatic nitrogens is 2. The Bertz CT molecular complexity index is 742. The number of hydrogen-bond acceptors (Lipinski definition) is 7. The Labute approximate surface area is 158 Å². The average molecular weight is 375 g/mol. The van der Waals surface area contributed by atoms with E-state index in [4.69, 9.17) is 13.9 Å². The summed E-state index contributed by atoms with van der Waals surface area (Å²) in [5, 5.41) is 8.02. The first-order valence-corrected chi connectivity index (χ1v) is 8.85. The van der Waals surface area contributed by atoms with Gasteiger partial charge in [0.15, 0.2) is 0 Å². The van der Waals surface area contributed by atoms with Crippen LogP contribution in [-0.2, 0) is 25.5 Å². The van der Waals surface area contributed by atoms with Gasteiger partial charge in [-0.15, -0.1) is 10.2 Å². The van der Waals surface area contributed by atoms with Crippen molar-refractivity contribution in [3.63, 3.8) is 0 Å². The molecular weight excluding hydrogens is 350 g/mol. The lowest BCUT2D eigenvalue weighted by Gasteiger charge is -2.21. The zero-order valence-electron chi connectivity index (χ0n) is 15.9. The lowest BCUT2D eigenvalue weighted by Crippen LogP contribution is -2.38. The van der Waals surface area contributed by atoms with Crippen LogP contribution in [0.1, 0.15) is 24.8 Å². The number of carbonyl (C=O) groups excluding carboxylic acids is 2. The lowest BCUT2D eigenvalue weighted by atomic mass is 10.1. The van der Waals surface area contributed by atoms with Crippen molar-refractivity contribution in [2.45, 2.75) is 26.7 Å². The third-order valence-electron chi connectivity index (χ3n) is 3.86. The van der Waals surface area contributed by atoms with Crippen molar-refractivity contribution in [1.82, 2.24) is 15.1 Å². The third kappa shape index (κ3) is 6.49. The van der Waals surface area contributed by atoms with Crippen LogP contribution in [0, 0.1) is 6.92 Å². The van der Waals surface area contributed by atoms with Gasteiger partial charge >= 0.3 is 5.97 Å². The Morgan fingerprint density at radius 2 is 1.93 bits per heavy atom. The largest absolute Gasteiger partial charge is 0.465 e. The molecule has 0 aliphatic heterocycles. The van der Waals surface area contributed by atoms with Crippen molar-refractivity contribution < 1.29 is 23.5 Å². The second kappa shape index (κ2) is 10.4. The SMILES string of the molecule is CCOC(=O)CN(CCOC)C(=O)CCc1nnc(-c2ccc(C)cc2)o1. The van der Waals surface area contributed by atoms with Gasteiger partial charge in [-0.05, 0) is 26.0 Å². The van der Waals surface area contributed by atoms with Gasteiger partial charge in [-0.2, -0.15) is 0 Å². The number of methoxy groups -OCH3 is 1. The first kappa shape index (κ1) is 20.6. The number of rotatable bonds is 10. The number of ether oxygens (including phenoxy) is 2. The molecule has 27 heavy (non-hydrogen) atoms. The monoisotopic (exact) mass is 375 g/mol. The first-order chi connectivity index (χ1) is 13.0. The normalized spacial score (nSPS) is 10.6. The Hall–Kier alpha value is -2.74. The van der Waals surface area contributed by atoms with E-state index in [1.165, 1.54) is 12.0 Å². The van der Waals surface area contributed by atoms with E-state index >= 15 is 0 Å². The molecule has 0 bridgehead atoms. The quantitative estimate of drug-likeness (QED) is 0.586. The number of carbonyl (C=O) groups is 2. The molecule has 1 aromatic carbocycles. The Kier molecular flexibility index (Phi) is 7.94. The van der Waals surface area contributed by atoms with Crippen molar-refractivity contribution in [2.24, 2.45) is 0 Å². The summed E-state index contributed by atoms with van der Waals surface area (Å²) in [6, 6.07) is 7.74. The fourth-order valence-corrected chi connectivity index (χ4v) is 2.40. The molecule has 8 heteroatoms. The van der Waals surface area contributed by atoms with Crippen molar-refractivity contribution in [3.05, 3.63) is 35.7 Å². The van der Waals surface area contributed by atoms with Gasteiger partial charge in [0.2, 0.25) is 17.7 Å². The molecule has 0 fully saturated rings. The summed E-state index contributed by atoms with van der Waals surface area (Å²) in [5.74, 6) is 0.151. The number of esters is 1. The van der Waals surface area contributed by atoms with E-state index in [1.54, 1.807) is 6.92 Å². The van der Waals surface area contributed by atoms with Gasteiger partial charge in [0.25, 0.3) is 0 Å². The van der Waals surface area contributed by atoms with Crippen molar-refractivity contribution >= 4 is 11.9 Å². The van der Waals surface area contributed by atoms with E-state index in [1.807, 2.05) is 31.2 Å². The van der Waals surface area contributed by atoms with Gasteiger partial charge in [-0.25, -0.2) is 0 Å². The highest BCUT2D eigenvalue weighted by Gasteiger charge is 2.19. The van der Waals surface area contributed by atoms with Crippen molar-refractivity contribution in [2.75, 3.05) is 33.4 Å². The topological polar surface area (TPSA) is 94.8 Å². The van der Waals surface area contributed by atoms with Crippen LogP contribution in [-0.4, -0.2) is 60.4 Å². The number of nitrogens with zero attached hydrogens (tertiary/aromatic N) is 3. The van der Waals surface area contributed by atoms with Gasteiger partial charge in [0.05, 0.1) is 13.2 Å². The van der Waals surface area contributed by atoms with Gasteiger partial charge in [0.1, 0.15) is 6.54 Å². The number of benzene rings is 1. The van der Waals surface area contributed by atoms with E-state index in [-0.39, 0.29) is 25.5 Å². The molecule has 146 valence electrons. The summed E-state index contributed by atoms with van der Waals surface area (Å²) in [6.07, 6.45) is 0.447. The van der Waals surface area contributed by atoms with Crippen LogP contribution in [0.5, 0.6) is 0 Å². The highest BCUT2D eigenvalue weighted by atomic mass is 16.5. The smallest absolute Gasteiger partial charge is 0.325 e. The van der Waals surface area contributed by atoms with E-state index in [2.05, 4.69) is 10.2 Å². The predicted octanol–water partition coefficient (Wildman–Crippen LogP) is 2.02. The molecule has 0 saturated heterocycles. The second-order valence-corrected chi connectivity index (χ2v) is 5.98. The molecule has 1 aromatic heterocycles. The summed E-state index contributed by atoms with van der Waals surface area (Å²) in [4.78, 5) is 25.5. The Morgan fingerprint density at radius 3 is 2.59 bits per heavy atom. The van der Waals surface area contributed by atoms with Gasteiger partial charge < -0.3 is 18.8 Å². The van der Waals surface area contributed by atoms with E-state index in [0.29, 0.717) is 31.4 Å². The summed E-state index contributed by atoms with van der Waals surface area (Å²) in [7, 11) is 1.54. The van der Waals surface area contributed by atoms with Crippen LogP contribution in [0.4, 0.5) is 0 Å². The third-order valence-corrected chi connectivity index (χ3v) is 3.86. The zero-order valence-corrected chi connectivity index (χ0v) is 15.9. The Morgan fingerprint density at radius 1 is 1.19 bits per heavy atom. The lowest BCUT2D eigenvalue weighted by molar-refractivity contribution is -0.149. The molecule has 1 amide bonds. The van der Waals surface area contributed by atoms with Crippen LogP contribution < -0.4 is 0 Å². The molecule has 0 saturated carbocycles. The van der Waals surface area contributed by atoms with Crippen LogP contribution in [0.25, 0.3) is 11.5 Å². The van der Waals surface area contributed by atoms with Crippen molar-refractivity contribution in [3.8, 4) is 11.5 Å². The molecule has 0 atom stereocenters. The molecule has 8 nitrogen and oxygen atoms in total. The summed E-state index contributed by atoms with van der Waals surface area (Å²) < 4.78 is 15.5. The fourth-order valence-electron chi connectivity index (χ4n) is 2.40. The van der Waals surface area contributed by atoms with Gasteiger partial charge in [-0.3, -0.25) is 9.59 Å². The van der Waals surface area contributed by atoms with E-state index < -0.39 is 5.97 Å². The first-order valence-electron chi connectivity index (χ1n) is 8.85. The maximum absolute atomic E-state index is 12.4. The molecule has 0 unspecified atom stereocenters. The van der Waals surface area contributed by atoms with Crippen molar-refractivity contribution in [1.29, 1.82) is 0 Å². The fraction of sp³-hybridized carbons (Fsp3) is 0.474. The highest BCUT2D eigenvalue weighted by Crippen LogP contribution is 2.18.